The second-order valence-electron chi connectivity index (χ2n) is 9.79. The van der Waals surface area contributed by atoms with Crippen molar-refractivity contribution in [1.29, 1.82) is 0 Å². The number of likely N-dealkylation sites (tertiary alicyclic amines) is 1. The highest BCUT2D eigenvalue weighted by molar-refractivity contribution is 7.08. The highest BCUT2D eigenvalue weighted by Gasteiger charge is 2.65. The van der Waals surface area contributed by atoms with Gasteiger partial charge in [-0.3, -0.25) is 14.6 Å². The van der Waals surface area contributed by atoms with Crippen LogP contribution < -0.4 is 10.1 Å². The lowest BCUT2D eigenvalue weighted by molar-refractivity contribution is -0.139. The van der Waals surface area contributed by atoms with E-state index < -0.39 is 23.1 Å². The summed E-state index contributed by atoms with van der Waals surface area (Å²) in [6, 6.07) is 4.91. The van der Waals surface area contributed by atoms with Crippen LogP contribution in [0.1, 0.15) is 33.6 Å². The number of alkyl carbamates (subject to hydrolysis) is 1. The van der Waals surface area contributed by atoms with Crippen LogP contribution in [0, 0.1) is 11.3 Å². The Morgan fingerprint density at radius 2 is 2.12 bits per heavy atom. The maximum atomic E-state index is 13.5. The van der Waals surface area contributed by atoms with Crippen molar-refractivity contribution in [3.8, 4) is 17.0 Å². The molecular formula is C24H29N3O5S. The Balaban J connectivity index is 1.46. The zero-order chi connectivity index (χ0) is 23.8. The van der Waals surface area contributed by atoms with Crippen molar-refractivity contribution in [1.82, 2.24) is 15.2 Å². The summed E-state index contributed by atoms with van der Waals surface area (Å²) in [5.74, 6) is 0.515. The largest absolute Gasteiger partial charge is 0.493 e. The molecule has 3 heterocycles. The molecule has 0 radical (unpaired) electrons. The molecule has 2 aromatic rings. The number of thiophene rings is 1. The third-order valence-corrected chi connectivity index (χ3v) is 6.97. The lowest BCUT2D eigenvalue weighted by Crippen LogP contribution is -2.56. The number of nitrogens with one attached hydrogen (secondary N) is 1. The van der Waals surface area contributed by atoms with Crippen LogP contribution in [-0.2, 0) is 14.3 Å². The van der Waals surface area contributed by atoms with Crippen molar-refractivity contribution in [2.45, 2.75) is 45.2 Å². The summed E-state index contributed by atoms with van der Waals surface area (Å²) in [4.78, 5) is 43.8. The third-order valence-electron chi connectivity index (χ3n) is 6.29. The van der Waals surface area contributed by atoms with Gasteiger partial charge in [0.25, 0.3) is 0 Å². The number of carbonyl (C=O) groups excluding carboxylic acids is 3. The van der Waals surface area contributed by atoms with Gasteiger partial charge in [-0.15, -0.1) is 0 Å². The summed E-state index contributed by atoms with van der Waals surface area (Å²) in [5.41, 5.74) is 0.560. The number of ether oxygens (including phenoxy) is 2. The highest BCUT2D eigenvalue weighted by Crippen LogP contribution is 2.49. The van der Waals surface area contributed by atoms with Crippen LogP contribution in [-0.4, -0.2) is 59.5 Å². The number of carbonyl (C=O) groups is 3. The number of hydrogen-bond donors (Lipinski definition) is 1. The molecule has 1 aliphatic carbocycles. The van der Waals surface area contributed by atoms with Crippen molar-refractivity contribution < 1.29 is 23.9 Å². The molecule has 1 saturated heterocycles. The molecule has 1 N–H and O–H groups in total. The number of amides is 2. The Hall–Kier alpha value is -2.94. The fraction of sp³-hybridized carbons (Fsp3) is 0.500. The number of ketones is 1. The van der Waals surface area contributed by atoms with Gasteiger partial charge in [0.2, 0.25) is 5.91 Å². The number of nitrogens with zero attached hydrogens (tertiary/aromatic N) is 2. The molecule has 0 bridgehead atoms. The molecule has 1 spiro atoms. The molecule has 2 aromatic heterocycles. The van der Waals surface area contributed by atoms with Crippen molar-refractivity contribution >= 4 is 29.1 Å². The molecule has 3 atom stereocenters. The number of rotatable bonds is 6. The molecule has 1 saturated carbocycles. The molecule has 33 heavy (non-hydrogen) atoms. The Kier molecular flexibility index (Phi) is 6.18. The standard InChI is InChI=1S/C24H29N3O5S/c1-23(2,3)20(26-22(30)31-4)21(29)27-12-15(10-24(27)11-19(24)28)13-32-17-5-7-25-18(9-17)16-6-8-33-14-16/h5-9,14-15,20H,10-13H2,1-4H3,(H,26,30)/t15-,20-,24?/m1/s1. The maximum Gasteiger partial charge on any atom is 0.407 e. The minimum Gasteiger partial charge on any atom is -0.493 e. The zero-order valence-corrected chi connectivity index (χ0v) is 20.1. The average molecular weight is 472 g/mol. The lowest BCUT2D eigenvalue weighted by Gasteiger charge is -2.35. The van der Waals surface area contributed by atoms with E-state index in [-0.39, 0.29) is 17.6 Å². The van der Waals surface area contributed by atoms with Gasteiger partial charge in [0.1, 0.15) is 17.3 Å². The highest BCUT2D eigenvalue weighted by atomic mass is 32.1. The number of Topliss-reactive ketones (excluding diaryl/α,β-unsaturated/α-hetero) is 1. The first-order valence-electron chi connectivity index (χ1n) is 10.9. The Bertz CT molecular complexity index is 1050. The van der Waals surface area contributed by atoms with Crippen LogP contribution in [0.2, 0.25) is 0 Å². The molecule has 176 valence electrons. The summed E-state index contributed by atoms with van der Waals surface area (Å²) in [7, 11) is 1.26. The summed E-state index contributed by atoms with van der Waals surface area (Å²) in [6.07, 6.45) is 1.96. The van der Waals surface area contributed by atoms with E-state index in [0.717, 1.165) is 11.3 Å². The van der Waals surface area contributed by atoms with E-state index in [1.54, 1.807) is 22.4 Å². The fourth-order valence-electron chi connectivity index (χ4n) is 4.42. The minimum atomic E-state index is -0.803. The average Bonchev–Trinajstić information content (AvgIpc) is 3.17. The fourth-order valence-corrected chi connectivity index (χ4v) is 5.07. The summed E-state index contributed by atoms with van der Waals surface area (Å²) < 4.78 is 10.8. The minimum absolute atomic E-state index is 0.0110. The van der Waals surface area contributed by atoms with Gasteiger partial charge in [-0.05, 0) is 29.3 Å². The number of aromatic nitrogens is 1. The second-order valence-corrected chi connectivity index (χ2v) is 10.6. The normalized spacial score (nSPS) is 22.8. The van der Waals surface area contributed by atoms with Gasteiger partial charge >= 0.3 is 6.09 Å². The Labute approximate surface area is 197 Å². The van der Waals surface area contributed by atoms with Gasteiger partial charge in [0.15, 0.2) is 5.78 Å². The summed E-state index contributed by atoms with van der Waals surface area (Å²) >= 11 is 1.61. The van der Waals surface area contributed by atoms with Crippen LogP contribution in [0.5, 0.6) is 5.75 Å². The van der Waals surface area contributed by atoms with E-state index in [1.807, 2.05) is 49.7 Å². The number of methoxy groups -OCH3 is 1. The van der Waals surface area contributed by atoms with Crippen molar-refractivity contribution in [2.24, 2.45) is 11.3 Å². The predicted octanol–water partition coefficient (Wildman–Crippen LogP) is 3.52. The predicted molar refractivity (Wildman–Crippen MR) is 124 cm³/mol. The van der Waals surface area contributed by atoms with E-state index in [1.165, 1.54) is 7.11 Å². The molecule has 1 unspecified atom stereocenters. The van der Waals surface area contributed by atoms with Crippen LogP contribution in [0.4, 0.5) is 4.79 Å². The molecule has 2 aliphatic rings. The van der Waals surface area contributed by atoms with Crippen LogP contribution >= 0.6 is 11.3 Å². The SMILES string of the molecule is COC(=O)N[C@H](C(=O)N1C[C@H](COc2ccnc(-c3ccsc3)c2)CC12CC2=O)C(C)(C)C. The van der Waals surface area contributed by atoms with Gasteiger partial charge in [-0.25, -0.2) is 4.79 Å². The smallest absolute Gasteiger partial charge is 0.407 e. The quantitative estimate of drug-likeness (QED) is 0.692. The molecule has 8 nitrogen and oxygen atoms in total. The van der Waals surface area contributed by atoms with Crippen molar-refractivity contribution in [2.75, 3.05) is 20.3 Å². The van der Waals surface area contributed by atoms with Gasteiger partial charge < -0.3 is 19.7 Å². The van der Waals surface area contributed by atoms with E-state index in [9.17, 15) is 14.4 Å². The summed E-state index contributed by atoms with van der Waals surface area (Å²) in [6.45, 7) is 6.41. The van der Waals surface area contributed by atoms with Crippen molar-refractivity contribution in [3.63, 3.8) is 0 Å². The van der Waals surface area contributed by atoms with Gasteiger partial charge in [-0.2, -0.15) is 11.3 Å². The first-order chi connectivity index (χ1) is 15.6. The van der Waals surface area contributed by atoms with E-state index in [4.69, 9.17) is 9.47 Å². The lowest BCUT2D eigenvalue weighted by atomic mass is 9.85. The molecule has 4 rings (SSSR count). The molecular weight excluding hydrogens is 442 g/mol. The monoisotopic (exact) mass is 471 g/mol. The van der Waals surface area contributed by atoms with Crippen LogP contribution in [0.3, 0.4) is 0 Å². The topological polar surface area (TPSA) is 97.8 Å². The van der Waals surface area contributed by atoms with Crippen LogP contribution in [0.15, 0.2) is 35.2 Å². The molecule has 2 amide bonds. The Morgan fingerprint density at radius 1 is 1.36 bits per heavy atom. The Morgan fingerprint density at radius 3 is 2.73 bits per heavy atom. The third kappa shape index (κ3) is 4.73. The summed E-state index contributed by atoms with van der Waals surface area (Å²) in [5, 5.41) is 6.69. The molecule has 1 aliphatic heterocycles. The first-order valence-corrected chi connectivity index (χ1v) is 11.9. The number of pyridine rings is 1. The van der Waals surface area contributed by atoms with Gasteiger partial charge in [0.05, 0.1) is 19.4 Å². The van der Waals surface area contributed by atoms with Gasteiger partial charge in [-0.1, -0.05) is 20.8 Å². The van der Waals surface area contributed by atoms with Crippen LogP contribution in [0.25, 0.3) is 11.3 Å². The van der Waals surface area contributed by atoms with Crippen molar-refractivity contribution in [3.05, 3.63) is 35.2 Å². The van der Waals surface area contributed by atoms with Gasteiger partial charge in [0, 0.05) is 42.1 Å². The van der Waals surface area contributed by atoms with E-state index in [2.05, 4.69) is 10.3 Å². The van der Waals surface area contributed by atoms with E-state index in [0.29, 0.717) is 31.7 Å². The zero-order valence-electron chi connectivity index (χ0n) is 19.3. The molecule has 9 heteroatoms. The molecule has 2 fully saturated rings. The maximum absolute atomic E-state index is 13.5. The first kappa shape index (κ1) is 23.2. The second kappa shape index (κ2) is 8.78. The molecule has 0 aromatic carbocycles. The number of hydrogen-bond acceptors (Lipinski definition) is 7. The van der Waals surface area contributed by atoms with E-state index >= 15 is 0 Å².